The molecular formula is C19H20F2N2O4S. The van der Waals surface area contributed by atoms with E-state index in [1.165, 1.54) is 18.4 Å². The number of esters is 1. The van der Waals surface area contributed by atoms with Crippen LogP contribution in [0.1, 0.15) is 34.1 Å². The second kappa shape index (κ2) is 8.55. The Morgan fingerprint density at radius 3 is 2.57 bits per heavy atom. The number of methoxy groups -OCH3 is 1. The molecule has 0 saturated carbocycles. The van der Waals surface area contributed by atoms with Gasteiger partial charge < -0.3 is 20.1 Å². The maximum atomic E-state index is 13.7. The normalized spacial score (nSPS) is 12.4. The van der Waals surface area contributed by atoms with Gasteiger partial charge in [-0.2, -0.15) is 0 Å². The third kappa shape index (κ3) is 4.09. The number of ether oxygens (including phenoxy) is 2. The molecule has 0 aliphatic heterocycles. The number of hydrogen-bond donors (Lipinski definition) is 2. The molecule has 2 N–H and O–H groups in total. The fraction of sp³-hybridized carbons (Fsp3) is 0.368. The lowest BCUT2D eigenvalue weighted by Crippen LogP contribution is -2.22. The molecule has 9 heteroatoms. The van der Waals surface area contributed by atoms with Crippen molar-refractivity contribution in [2.75, 3.05) is 30.9 Å². The number of fused-ring (bicyclic) bond motifs is 1. The van der Waals surface area contributed by atoms with Crippen molar-refractivity contribution < 1.29 is 27.8 Å². The molecule has 0 saturated heterocycles. The van der Waals surface area contributed by atoms with E-state index < -0.39 is 29.3 Å². The van der Waals surface area contributed by atoms with Crippen LogP contribution in [0.3, 0.4) is 0 Å². The summed E-state index contributed by atoms with van der Waals surface area (Å²) in [6, 6.07) is 2.08. The average Bonchev–Trinajstić information content (AvgIpc) is 3.20. The predicted octanol–water partition coefficient (Wildman–Crippen LogP) is 3.75. The van der Waals surface area contributed by atoms with Crippen molar-refractivity contribution in [2.24, 2.45) is 0 Å². The predicted molar refractivity (Wildman–Crippen MR) is 102 cm³/mol. The Balaban J connectivity index is 1.70. The van der Waals surface area contributed by atoms with Gasteiger partial charge in [-0.1, -0.05) is 0 Å². The lowest BCUT2D eigenvalue weighted by atomic mass is 10.1. The van der Waals surface area contributed by atoms with Gasteiger partial charge in [0.2, 0.25) is 5.91 Å². The van der Waals surface area contributed by atoms with Gasteiger partial charge in [-0.05, 0) is 31.7 Å². The van der Waals surface area contributed by atoms with Crippen LogP contribution in [-0.2, 0) is 22.4 Å². The van der Waals surface area contributed by atoms with Crippen LogP contribution in [-0.4, -0.2) is 32.1 Å². The second-order valence-corrected chi connectivity index (χ2v) is 7.26. The zero-order valence-electron chi connectivity index (χ0n) is 15.5. The molecule has 3 rings (SSSR count). The van der Waals surface area contributed by atoms with Crippen molar-refractivity contribution in [3.63, 3.8) is 0 Å². The van der Waals surface area contributed by atoms with Crippen LogP contribution in [0.25, 0.3) is 0 Å². The number of carbonyl (C=O) groups excluding carboxylic acids is 2. The Morgan fingerprint density at radius 1 is 1.21 bits per heavy atom. The summed E-state index contributed by atoms with van der Waals surface area (Å²) in [7, 11) is 1.17. The molecule has 6 nitrogen and oxygen atoms in total. The quantitative estimate of drug-likeness (QED) is 0.680. The molecule has 0 bridgehead atoms. The average molecular weight is 410 g/mol. The van der Waals surface area contributed by atoms with E-state index >= 15 is 0 Å². The summed E-state index contributed by atoms with van der Waals surface area (Å²) >= 11 is 1.37. The highest BCUT2D eigenvalue weighted by Gasteiger charge is 2.28. The van der Waals surface area contributed by atoms with Gasteiger partial charge in [-0.15, -0.1) is 11.3 Å². The van der Waals surface area contributed by atoms with Crippen LogP contribution < -0.4 is 15.4 Å². The first-order valence-corrected chi connectivity index (χ1v) is 9.64. The molecule has 0 fully saturated rings. The topological polar surface area (TPSA) is 76.7 Å². The second-order valence-electron chi connectivity index (χ2n) is 6.16. The number of amides is 1. The first kappa shape index (κ1) is 20.1. The van der Waals surface area contributed by atoms with Crippen molar-refractivity contribution >= 4 is 33.9 Å². The minimum absolute atomic E-state index is 0.102. The molecule has 0 atom stereocenters. The monoisotopic (exact) mass is 410 g/mol. The number of nitrogens with one attached hydrogen (secondary N) is 2. The molecule has 1 aliphatic rings. The fourth-order valence-corrected chi connectivity index (χ4v) is 4.42. The molecule has 28 heavy (non-hydrogen) atoms. The summed E-state index contributed by atoms with van der Waals surface area (Å²) in [5.74, 6) is -3.12. The minimum atomic E-state index is -0.871. The van der Waals surface area contributed by atoms with Gasteiger partial charge in [0.05, 0.1) is 25.8 Å². The van der Waals surface area contributed by atoms with Crippen LogP contribution in [0.4, 0.5) is 19.5 Å². The maximum Gasteiger partial charge on any atom is 0.341 e. The fourth-order valence-electron chi connectivity index (χ4n) is 3.12. The third-order valence-electron chi connectivity index (χ3n) is 4.31. The van der Waals surface area contributed by atoms with Gasteiger partial charge in [-0.3, -0.25) is 4.79 Å². The summed E-state index contributed by atoms with van der Waals surface area (Å²) in [6.45, 7) is 1.74. The molecule has 0 radical (unpaired) electrons. The Labute approximate surface area is 164 Å². The number of rotatable bonds is 7. The van der Waals surface area contributed by atoms with Gasteiger partial charge in [-0.25, -0.2) is 13.6 Å². The molecule has 150 valence electrons. The van der Waals surface area contributed by atoms with Crippen molar-refractivity contribution in [2.45, 2.75) is 26.2 Å². The number of aryl methyl sites for hydroxylation is 1. The first-order chi connectivity index (χ1) is 13.4. The van der Waals surface area contributed by atoms with E-state index in [2.05, 4.69) is 15.4 Å². The van der Waals surface area contributed by atoms with Crippen LogP contribution in [0, 0.1) is 11.6 Å². The van der Waals surface area contributed by atoms with E-state index in [0.717, 1.165) is 41.8 Å². The summed E-state index contributed by atoms with van der Waals surface area (Å²) < 4.78 is 37.2. The number of carbonyl (C=O) groups is 2. The summed E-state index contributed by atoms with van der Waals surface area (Å²) in [5.41, 5.74) is 1.45. The number of thiophene rings is 1. The molecule has 0 spiro atoms. The van der Waals surface area contributed by atoms with Gasteiger partial charge in [0.25, 0.3) is 0 Å². The first-order valence-electron chi connectivity index (χ1n) is 8.83. The Hall–Kier alpha value is -2.68. The molecule has 1 aliphatic carbocycles. The van der Waals surface area contributed by atoms with Gasteiger partial charge in [0.15, 0.2) is 17.4 Å². The summed E-state index contributed by atoms with van der Waals surface area (Å²) in [4.78, 5) is 25.7. The molecule has 1 heterocycles. The maximum absolute atomic E-state index is 13.7. The number of benzene rings is 1. The number of halogens is 2. The summed E-state index contributed by atoms with van der Waals surface area (Å²) in [6.07, 6.45) is 2.61. The smallest absolute Gasteiger partial charge is 0.341 e. The van der Waals surface area contributed by atoms with Crippen LogP contribution >= 0.6 is 11.3 Å². The zero-order valence-corrected chi connectivity index (χ0v) is 16.3. The number of anilines is 2. The van der Waals surface area contributed by atoms with Gasteiger partial charge >= 0.3 is 5.97 Å². The van der Waals surface area contributed by atoms with Gasteiger partial charge in [0, 0.05) is 22.7 Å². The van der Waals surface area contributed by atoms with E-state index in [-0.39, 0.29) is 18.8 Å². The zero-order chi connectivity index (χ0) is 20.3. The third-order valence-corrected chi connectivity index (χ3v) is 5.52. The van der Waals surface area contributed by atoms with Crippen LogP contribution in [0.5, 0.6) is 5.75 Å². The highest BCUT2D eigenvalue weighted by atomic mass is 32.1. The Kier molecular flexibility index (Phi) is 6.13. The lowest BCUT2D eigenvalue weighted by Gasteiger charge is -2.11. The Bertz CT molecular complexity index is 891. The van der Waals surface area contributed by atoms with Crippen LogP contribution in [0.2, 0.25) is 0 Å². The molecule has 1 aromatic carbocycles. The largest absolute Gasteiger partial charge is 0.491 e. The van der Waals surface area contributed by atoms with E-state index in [1.54, 1.807) is 6.92 Å². The standard InChI is InChI=1S/C19H20F2N2O4S/c1-3-27-19(25)16-11-5-4-6-14(11)28-18(16)23-15(24)9-22-10-7-12(20)17(26-2)13(21)8-10/h7-8,22H,3-6,9H2,1-2H3,(H,23,24). The SMILES string of the molecule is CCOC(=O)c1c(NC(=O)CNc2cc(F)c(OC)c(F)c2)sc2c1CCC2. The van der Waals surface area contributed by atoms with Crippen LogP contribution in [0.15, 0.2) is 12.1 Å². The van der Waals surface area contributed by atoms with E-state index in [1.807, 2.05) is 0 Å². The van der Waals surface area contributed by atoms with E-state index in [4.69, 9.17) is 4.74 Å². The van der Waals surface area contributed by atoms with Gasteiger partial charge in [0.1, 0.15) is 5.00 Å². The van der Waals surface area contributed by atoms with Crippen molar-refractivity contribution in [3.05, 3.63) is 39.8 Å². The molecule has 1 amide bonds. The lowest BCUT2D eigenvalue weighted by molar-refractivity contribution is -0.114. The molecular weight excluding hydrogens is 390 g/mol. The van der Waals surface area contributed by atoms with Crippen molar-refractivity contribution in [1.29, 1.82) is 0 Å². The minimum Gasteiger partial charge on any atom is -0.491 e. The molecule has 2 aromatic rings. The van der Waals surface area contributed by atoms with E-state index in [0.29, 0.717) is 10.6 Å². The van der Waals surface area contributed by atoms with Crippen molar-refractivity contribution in [1.82, 2.24) is 0 Å². The van der Waals surface area contributed by atoms with E-state index in [9.17, 15) is 18.4 Å². The molecule has 1 aromatic heterocycles. The Morgan fingerprint density at radius 2 is 1.93 bits per heavy atom. The molecule has 0 unspecified atom stereocenters. The van der Waals surface area contributed by atoms with Crippen molar-refractivity contribution in [3.8, 4) is 5.75 Å². The highest BCUT2D eigenvalue weighted by Crippen LogP contribution is 2.39. The highest BCUT2D eigenvalue weighted by molar-refractivity contribution is 7.17. The summed E-state index contributed by atoms with van der Waals surface area (Å²) in [5, 5.41) is 5.81. The number of hydrogen-bond acceptors (Lipinski definition) is 6.